The fourth-order valence-electron chi connectivity index (χ4n) is 4.11. The van der Waals surface area contributed by atoms with Gasteiger partial charge in [-0.3, -0.25) is 19.6 Å². The fourth-order valence-corrected chi connectivity index (χ4v) is 4.11. The summed E-state index contributed by atoms with van der Waals surface area (Å²) >= 11 is 0. The highest BCUT2D eigenvalue weighted by atomic mass is 16.5. The van der Waals surface area contributed by atoms with E-state index in [0.29, 0.717) is 46.7 Å². The number of carbonyl (C=O) groups is 3. The van der Waals surface area contributed by atoms with Gasteiger partial charge in [0, 0.05) is 49.3 Å². The monoisotopic (exact) mass is 499 g/mol. The molecular weight excluding hydrogens is 470 g/mol. The number of nitrogens with one attached hydrogen (secondary N) is 1. The number of anilines is 2. The molecule has 0 radical (unpaired) electrons. The summed E-state index contributed by atoms with van der Waals surface area (Å²) in [5, 5.41) is 2.86. The minimum atomic E-state index is -0.694. The maximum absolute atomic E-state index is 13.1. The molecule has 2 amide bonds. The van der Waals surface area contributed by atoms with Crippen molar-refractivity contribution in [1.29, 1.82) is 0 Å². The van der Waals surface area contributed by atoms with E-state index in [-0.39, 0.29) is 11.8 Å². The molecule has 0 spiro atoms. The number of rotatable bonds is 8. The molecule has 2 aromatic carbocycles. The molecular formula is C28H29N5O4. The van der Waals surface area contributed by atoms with E-state index in [4.69, 9.17) is 9.73 Å². The molecule has 1 aliphatic rings. The van der Waals surface area contributed by atoms with Gasteiger partial charge in [-0.25, -0.2) is 4.79 Å². The highest BCUT2D eigenvalue weighted by Gasteiger charge is 2.36. The van der Waals surface area contributed by atoms with Crippen LogP contribution in [0.2, 0.25) is 0 Å². The summed E-state index contributed by atoms with van der Waals surface area (Å²) in [5.41, 5.74) is 4.22. The number of aliphatic imine (C=N–C) groups is 1. The van der Waals surface area contributed by atoms with Crippen molar-refractivity contribution in [2.24, 2.45) is 4.99 Å². The molecule has 1 atom stereocenters. The third kappa shape index (κ3) is 5.73. The van der Waals surface area contributed by atoms with E-state index < -0.39 is 11.9 Å². The van der Waals surface area contributed by atoms with Gasteiger partial charge in [-0.15, -0.1) is 0 Å². The number of methoxy groups -OCH3 is 1. The second-order valence-electron chi connectivity index (χ2n) is 8.98. The van der Waals surface area contributed by atoms with Crippen LogP contribution in [-0.2, 0) is 14.3 Å². The lowest BCUT2D eigenvalue weighted by molar-refractivity contribution is -0.118. The number of ether oxygens (including phenoxy) is 1. The maximum atomic E-state index is 13.1. The number of fused-ring (bicyclic) bond motifs is 1. The number of hydrogen-bond acceptors (Lipinski definition) is 7. The van der Waals surface area contributed by atoms with Crippen LogP contribution in [0, 0.1) is 0 Å². The zero-order valence-corrected chi connectivity index (χ0v) is 21.3. The van der Waals surface area contributed by atoms with Crippen LogP contribution >= 0.6 is 0 Å². The highest BCUT2D eigenvalue weighted by Crippen LogP contribution is 2.37. The number of pyridine rings is 1. The maximum Gasteiger partial charge on any atom is 0.337 e. The van der Waals surface area contributed by atoms with E-state index in [1.165, 1.54) is 7.11 Å². The van der Waals surface area contributed by atoms with E-state index in [1.807, 2.05) is 49.3 Å². The van der Waals surface area contributed by atoms with Gasteiger partial charge in [-0.1, -0.05) is 12.1 Å². The third-order valence-electron chi connectivity index (χ3n) is 6.17. The lowest BCUT2D eigenvalue weighted by Crippen LogP contribution is -2.29. The topological polar surface area (TPSA) is 104 Å². The molecule has 2 heterocycles. The first-order valence-electron chi connectivity index (χ1n) is 11.8. The Morgan fingerprint density at radius 2 is 1.81 bits per heavy atom. The van der Waals surface area contributed by atoms with Gasteiger partial charge < -0.3 is 19.9 Å². The SMILES string of the molecule is COC(=O)c1ccc2c(c1)NC(=O)C2C(=Nc1ccc(N(C)C(=O)CCN(C)C)cc1)c1cccnc1. The Bertz CT molecular complexity index is 1340. The second kappa shape index (κ2) is 11.1. The van der Waals surface area contributed by atoms with E-state index in [9.17, 15) is 14.4 Å². The molecule has 37 heavy (non-hydrogen) atoms. The number of aromatic nitrogens is 1. The molecule has 190 valence electrons. The molecule has 1 unspecified atom stereocenters. The Morgan fingerprint density at radius 1 is 1.05 bits per heavy atom. The molecule has 4 rings (SSSR count). The summed E-state index contributed by atoms with van der Waals surface area (Å²) in [6, 6.07) is 15.9. The summed E-state index contributed by atoms with van der Waals surface area (Å²) < 4.78 is 4.80. The van der Waals surface area contributed by atoms with Gasteiger partial charge in [0.2, 0.25) is 11.8 Å². The van der Waals surface area contributed by atoms with Crippen LogP contribution in [-0.4, -0.2) is 68.2 Å². The lowest BCUT2D eigenvalue weighted by atomic mass is 9.91. The number of benzene rings is 2. The van der Waals surface area contributed by atoms with Gasteiger partial charge >= 0.3 is 5.97 Å². The summed E-state index contributed by atoms with van der Waals surface area (Å²) in [4.78, 5) is 50.3. The Morgan fingerprint density at radius 3 is 2.46 bits per heavy atom. The Hall–Kier alpha value is -4.37. The number of amides is 2. The van der Waals surface area contributed by atoms with Crippen LogP contribution in [0.1, 0.15) is 33.8 Å². The van der Waals surface area contributed by atoms with Gasteiger partial charge in [0.15, 0.2) is 0 Å². The Labute approximate surface area is 215 Å². The molecule has 0 saturated heterocycles. The summed E-state index contributed by atoms with van der Waals surface area (Å²) in [6.07, 6.45) is 3.74. The molecule has 0 fully saturated rings. The average molecular weight is 500 g/mol. The largest absolute Gasteiger partial charge is 0.465 e. The van der Waals surface area contributed by atoms with Crippen molar-refractivity contribution in [1.82, 2.24) is 9.88 Å². The fraction of sp³-hybridized carbons (Fsp3) is 0.250. The van der Waals surface area contributed by atoms with E-state index in [1.54, 1.807) is 48.6 Å². The minimum Gasteiger partial charge on any atom is -0.465 e. The van der Waals surface area contributed by atoms with Crippen molar-refractivity contribution in [3.63, 3.8) is 0 Å². The van der Waals surface area contributed by atoms with Gasteiger partial charge in [0.05, 0.1) is 24.1 Å². The Balaban J connectivity index is 1.67. The predicted molar refractivity (Wildman–Crippen MR) is 143 cm³/mol. The van der Waals surface area contributed by atoms with Gasteiger partial charge in [-0.05, 0) is 62.1 Å². The molecule has 1 aliphatic heterocycles. The first-order valence-corrected chi connectivity index (χ1v) is 11.8. The third-order valence-corrected chi connectivity index (χ3v) is 6.17. The van der Waals surface area contributed by atoms with Gasteiger partial charge in [0.25, 0.3) is 0 Å². The zero-order valence-electron chi connectivity index (χ0n) is 21.3. The van der Waals surface area contributed by atoms with Crippen molar-refractivity contribution >= 4 is 40.6 Å². The molecule has 1 N–H and O–H groups in total. The van der Waals surface area contributed by atoms with E-state index >= 15 is 0 Å². The zero-order chi connectivity index (χ0) is 26.5. The normalized spacial score (nSPS) is 14.8. The average Bonchev–Trinajstić information content (AvgIpc) is 3.24. The Kier molecular flexibility index (Phi) is 7.74. The van der Waals surface area contributed by atoms with Crippen LogP contribution in [0.25, 0.3) is 0 Å². The van der Waals surface area contributed by atoms with Gasteiger partial charge in [0.1, 0.15) is 5.92 Å². The van der Waals surface area contributed by atoms with Gasteiger partial charge in [-0.2, -0.15) is 0 Å². The number of esters is 1. The lowest BCUT2D eigenvalue weighted by Gasteiger charge is -2.19. The standard InChI is InChI=1S/C28H29N5O4/c1-32(2)15-13-24(34)33(3)21-10-8-20(9-11-21)30-26(19-6-5-14-29-17-19)25-22-12-7-18(28(36)37-4)16-23(22)31-27(25)35/h5-12,14,16-17,25H,13,15H2,1-4H3,(H,31,35). The van der Waals surface area contributed by atoms with Crippen molar-refractivity contribution in [3.05, 3.63) is 83.7 Å². The van der Waals surface area contributed by atoms with E-state index in [0.717, 1.165) is 5.69 Å². The minimum absolute atomic E-state index is 0.0200. The molecule has 1 aromatic heterocycles. The van der Waals surface area contributed by atoms with Crippen LogP contribution in [0.4, 0.5) is 17.1 Å². The predicted octanol–water partition coefficient (Wildman–Crippen LogP) is 3.64. The molecule has 0 bridgehead atoms. The van der Waals surface area contributed by atoms with Crippen molar-refractivity contribution < 1.29 is 19.1 Å². The first kappa shape index (κ1) is 25.7. The van der Waals surface area contributed by atoms with Crippen LogP contribution in [0.15, 0.2) is 72.0 Å². The first-order chi connectivity index (χ1) is 17.8. The molecule has 3 aromatic rings. The van der Waals surface area contributed by atoms with Crippen molar-refractivity contribution in [2.45, 2.75) is 12.3 Å². The van der Waals surface area contributed by atoms with Crippen LogP contribution in [0.5, 0.6) is 0 Å². The number of nitrogens with zero attached hydrogens (tertiary/aromatic N) is 4. The smallest absolute Gasteiger partial charge is 0.337 e. The van der Waals surface area contributed by atoms with Crippen molar-refractivity contribution in [3.8, 4) is 0 Å². The van der Waals surface area contributed by atoms with Crippen LogP contribution < -0.4 is 10.2 Å². The molecule has 9 nitrogen and oxygen atoms in total. The van der Waals surface area contributed by atoms with Crippen LogP contribution in [0.3, 0.4) is 0 Å². The molecule has 9 heteroatoms. The summed E-state index contributed by atoms with van der Waals surface area (Å²) in [6.45, 7) is 0.673. The molecule has 0 aliphatic carbocycles. The quantitative estimate of drug-likeness (QED) is 0.375. The summed E-state index contributed by atoms with van der Waals surface area (Å²) in [7, 11) is 6.93. The second-order valence-corrected chi connectivity index (χ2v) is 8.98. The van der Waals surface area contributed by atoms with Crippen molar-refractivity contribution in [2.75, 3.05) is 45.0 Å². The number of carbonyl (C=O) groups excluding carboxylic acids is 3. The summed E-state index contributed by atoms with van der Waals surface area (Å²) in [5.74, 6) is -1.40. The molecule has 0 saturated carbocycles. The van der Waals surface area contributed by atoms with E-state index in [2.05, 4.69) is 10.3 Å². The number of hydrogen-bond donors (Lipinski definition) is 1. The highest BCUT2D eigenvalue weighted by molar-refractivity contribution is 6.24.